The number of benzene rings is 1. The molecule has 0 bridgehead atoms. The van der Waals surface area contributed by atoms with Crippen LogP contribution in [0, 0.1) is 11.8 Å². The summed E-state index contributed by atoms with van der Waals surface area (Å²) < 4.78 is 123. The van der Waals surface area contributed by atoms with Crippen molar-refractivity contribution < 1.29 is 33.8 Å². The summed E-state index contributed by atoms with van der Waals surface area (Å²) in [6, 6.07) is -0.302. The van der Waals surface area contributed by atoms with Crippen molar-refractivity contribution in [1.82, 2.24) is 4.90 Å². The molecule has 0 spiro atoms. The highest BCUT2D eigenvalue weighted by Crippen LogP contribution is 2.43. The van der Waals surface area contributed by atoms with Gasteiger partial charge in [-0.15, -0.1) is 0 Å². The molecule has 1 aromatic rings. The lowest BCUT2D eigenvalue weighted by Gasteiger charge is -2.46. The molecular weight excluding hydrogens is 290 g/mol. The van der Waals surface area contributed by atoms with E-state index >= 15 is 0 Å². The van der Waals surface area contributed by atoms with E-state index in [1.54, 1.807) is 13.8 Å². The van der Waals surface area contributed by atoms with E-state index in [4.69, 9.17) is 28.7 Å². The average molecular weight is 334 g/mol. The zero-order chi connectivity index (χ0) is 28.8. The van der Waals surface area contributed by atoms with Gasteiger partial charge < -0.3 is 14.6 Å². The summed E-state index contributed by atoms with van der Waals surface area (Å²) in [5, 5.41) is 11.1. The van der Waals surface area contributed by atoms with Crippen LogP contribution in [0.1, 0.15) is 63.0 Å². The first-order valence-corrected chi connectivity index (χ1v) is 7.34. The number of aryl methyl sites for hydroxylation is 1. The van der Waals surface area contributed by atoms with Gasteiger partial charge in [0.2, 0.25) is 0 Å². The highest BCUT2D eigenvalue weighted by atomic mass is 16.5. The van der Waals surface area contributed by atoms with E-state index in [2.05, 4.69) is 0 Å². The molecule has 1 aromatic carbocycles. The maximum absolute atomic E-state index is 11.1. The minimum absolute atomic E-state index is 0.208. The molecule has 2 aliphatic heterocycles. The summed E-state index contributed by atoms with van der Waals surface area (Å²) in [5.74, 6) is -4.03. The quantitative estimate of drug-likeness (QED) is 0.920. The molecule has 0 aliphatic carbocycles. The number of hydrogen-bond donors (Lipinski definition) is 1. The number of hydrogen-bond acceptors (Lipinski definition) is 4. The molecule has 3 rings (SSSR count). The first-order valence-electron chi connectivity index (χ1n) is 14.3. The Balaban J connectivity index is 2.37. The van der Waals surface area contributed by atoms with Gasteiger partial charge in [-0.1, -0.05) is 13.8 Å². The molecule has 0 saturated carbocycles. The predicted molar refractivity (Wildman–Crippen MR) is 91.1 cm³/mol. The first-order chi connectivity index (χ1) is 16.3. The molecule has 0 unspecified atom stereocenters. The normalized spacial score (nSPS) is 50.5. The summed E-state index contributed by atoms with van der Waals surface area (Å²) in [7, 11) is -6.26. The van der Waals surface area contributed by atoms with Crippen LogP contribution in [0.25, 0.3) is 0 Å². The fourth-order valence-corrected chi connectivity index (χ4v) is 2.89. The highest BCUT2D eigenvalue weighted by molar-refractivity contribution is 5.49. The Kier molecular flexibility index (Phi) is 1.91. The van der Waals surface area contributed by atoms with Crippen LogP contribution in [0.15, 0.2) is 12.1 Å². The van der Waals surface area contributed by atoms with Crippen LogP contribution in [-0.4, -0.2) is 43.2 Å². The van der Waals surface area contributed by atoms with Crippen molar-refractivity contribution in [2.24, 2.45) is 11.8 Å². The predicted octanol–water partition coefficient (Wildman–Crippen LogP) is 3.03. The van der Waals surface area contributed by atoms with E-state index in [-0.39, 0.29) is 17.9 Å². The molecule has 0 aromatic heterocycles. The van der Waals surface area contributed by atoms with Crippen LogP contribution in [0.2, 0.25) is 0 Å². The van der Waals surface area contributed by atoms with Gasteiger partial charge in [0.25, 0.3) is 0 Å². The molecule has 1 N–H and O–H groups in total. The Labute approximate surface area is 159 Å². The van der Waals surface area contributed by atoms with E-state index in [0.717, 1.165) is 17.0 Å². The second-order valence-corrected chi connectivity index (χ2v) is 6.05. The van der Waals surface area contributed by atoms with Gasteiger partial charge >= 0.3 is 0 Å². The molecule has 128 valence electrons. The smallest absolute Gasteiger partial charge is 0.161 e. The number of rotatable bonds is 4. The van der Waals surface area contributed by atoms with Gasteiger partial charge in [-0.05, 0) is 54.2 Å². The fraction of sp³-hybridized carbons (Fsp3) is 0.684. The zero-order valence-corrected chi connectivity index (χ0v) is 12.9. The average Bonchev–Trinajstić information content (AvgIpc) is 2.63. The molecule has 3 atom stereocenters. The number of fused-ring (bicyclic) bond motifs is 3. The third-order valence-electron chi connectivity index (χ3n) is 3.90. The lowest BCUT2D eigenvalue weighted by Crippen LogP contribution is -2.48. The Morgan fingerprint density at radius 1 is 1.39 bits per heavy atom. The topological polar surface area (TPSA) is 41.9 Å². The SMILES string of the molecule is [2H]C([2H])([2H])Oc1cc2c(cc1OC([2H])([2H])[2H])C([2H])([2H])C([2H])([2H])N1C[C@]([2H])(CC(C)C)[C@]([2H])(O)C([2H])([2H])[C@@H]21. The van der Waals surface area contributed by atoms with E-state index < -0.39 is 74.9 Å². The highest BCUT2D eigenvalue weighted by Gasteiger charge is 2.38. The molecule has 2 aliphatic rings. The summed E-state index contributed by atoms with van der Waals surface area (Å²) in [5.41, 5.74) is -0.948. The van der Waals surface area contributed by atoms with E-state index in [1.807, 2.05) is 0 Å². The third-order valence-corrected chi connectivity index (χ3v) is 3.90. The molecule has 0 radical (unpaired) electrons. The van der Waals surface area contributed by atoms with Crippen LogP contribution in [-0.2, 0) is 6.37 Å². The van der Waals surface area contributed by atoms with Crippen molar-refractivity contribution in [3.63, 3.8) is 0 Å². The fourth-order valence-electron chi connectivity index (χ4n) is 2.89. The van der Waals surface area contributed by atoms with Gasteiger partial charge in [0.05, 0.1) is 29.8 Å². The van der Waals surface area contributed by atoms with Gasteiger partial charge in [0.15, 0.2) is 11.5 Å². The number of aliphatic hydroxyl groups is 1. The van der Waals surface area contributed by atoms with Gasteiger partial charge in [0.1, 0.15) is 0 Å². The number of methoxy groups -OCH3 is 2. The van der Waals surface area contributed by atoms with E-state index in [9.17, 15) is 5.11 Å². The van der Waals surface area contributed by atoms with Gasteiger partial charge in [-0.2, -0.15) is 0 Å². The second-order valence-electron chi connectivity index (χ2n) is 6.05. The van der Waals surface area contributed by atoms with Crippen molar-refractivity contribution in [2.45, 2.75) is 45.1 Å². The number of nitrogens with zero attached hydrogens (tertiary/aromatic N) is 1. The van der Waals surface area contributed by atoms with E-state index in [0.29, 0.717) is 0 Å². The summed E-state index contributed by atoms with van der Waals surface area (Å²) >= 11 is 0. The van der Waals surface area contributed by atoms with Crippen molar-refractivity contribution in [3.8, 4) is 11.5 Å². The molecule has 1 saturated heterocycles. The summed E-state index contributed by atoms with van der Waals surface area (Å²) in [6.45, 7) is -0.386. The maximum Gasteiger partial charge on any atom is 0.161 e. The maximum atomic E-state index is 11.1. The minimum atomic E-state index is -3.13. The minimum Gasteiger partial charge on any atom is -0.493 e. The number of piperidine rings is 1. The molecule has 0 amide bonds. The Hall–Kier alpha value is -1.26. The third kappa shape index (κ3) is 3.20. The standard InChI is InChI=1S/C19H29NO3/c1-12(2)7-14-11-20-6-5-13-8-18(22-3)19(23-4)9-15(13)16(20)10-17(14)21/h8-9,12,14,16-17,21H,5-7,10-11H2,1-4H3/t14-,16-,17+/m0/s1/i3D3,4D3,5D2,6D2,10D2,14D,17D. The molecule has 4 heteroatoms. The Morgan fingerprint density at radius 3 is 2.83 bits per heavy atom. The van der Waals surface area contributed by atoms with Crippen LogP contribution in [0.5, 0.6) is 11.5 Å². The monoisotopic (exact) mass is 333 g/mol. The Bertz CT molecular complexity index is 1050. The van der Waals surface area contributed by atoms with Crippen molar-refractivity contribution in [3.05, 3.63) is 23.3 Å². The van der Waals surface area contributed by atoms with Crippen LogP contribution >= 0.6 is 0 Å². The van der Waals surface area contributed by atoms with Gasteiger partial charge in [-0.3, -0.25) is 4.90 Å². The second kappa shape index (κ2) is 6.70. The van der Waals surface area contributed by atoms with Crippen molar-refractivity contribution in [2.75, 3.05) is 27.1 Å². The first kappa shape index (κ1) is 6.57. The lowest BCUT2D eigenvalue weighted by atomic mass is 9.79. The molecule has 4 nitrogen and oxygen atoms in total. The van der Waals surface area contributed by atoms with Crippen LogP contribution in [0.3, 0.4) is 0 Å². The van der Waals surface area contributed by atoms with Crippen molar-refractivity contribution in [1.29, 1.82) is 0 Å². The number of ether oxygens (including phenoxy) is 2. The van der Waals surface area contributed by atoms with Crippen LogP contribution < -0.4 is 9.47 Å². The van der Waals surface area contributed by atoms with Crippen LogP contribution in [0.4, 0.5) is 0 Å². The largest absolute Gasteiger partial charge is 0.493 e. The Morgan fingerprint density at radius 2 is 2.13 bits per heavy atom. The molecular formula is C19H29NO3. The molecule has 23 heavy (non-hydrogen) atoms. The zero-order valence-electron chi connectivity index (χ0n) is 26.9. The summed E-state index contributed by atoms with van der Waals surface area (Å²) in [4.78, 5) is 0.733. The van der Waals surface area contributed by atoms with Gasteiger partial charge in [-0.25, -0.2) is 0 Å². The molecule has 1 fully saturated rings. The molecule has 2 heterocycles. The van der Waals surface area contributed by atoms with Gasteiger partial charge in [0, 0.05) is 28.7 Å². The summed E-state index contributed by atoms with van der Waals surface area (Å²) in [6.07, 6.45) is -9.37. The van der Waals surface area contributed by atoms with Crippen molar-refractivity contribution >= 4 is 0 Å². The van der Waals surface area contributed by atoms with E-state index in [1.165, 1.54) is 0 Å². The lowest BCUT2D eigenvalue weighted by molar-refractivity contribution is -0.0191.